The summed E-state index contributed by atoms with van der Waals surface area (Å²) in [6.07, 6.45) is 5.40. The first-order valence-corrected chi connectivity index (χ1v) is 6.35. The molecule has 2 aromatic heterocycles. The first-order valence-electron chi connectivity index (χ1n) is 5.92. The second kappa shape index (κ2) is 4.93. The first-order chi connectivity index (χ1) is 9.24. The number of amides is 1. The fourth-order valence-electron chi connectivity index (χ4n) is 2.01. The molecule has 1 saturated heterocycles. The quantitative estimate of drug-likeness (QED) is 0.785. The smallest absolute Gasteiger partial charge is 0.232 e. The van der Waals surface area contributed by atoms with Gasteiger partial charge in [0.15, 0.2) is 0 Å². The molecule has 0 spiro atoms. The van der Waals surface area contributed by atoms with E-state index in [9.17, 15) is 4.79 Å². The van der Waals surface area contributed by atoms with Crippen LogP contribution in [0.4, 0.5) is 5.95 Å². The number of nitrogens with zero attached hydrogens (tertiary/aromatic N) is 4. The summed E-state index contributed by atoms with van der Waals surface area (Å²) in [5.41, 5.74) is 1.63. The van der Waals surface area contributed by atoms with Gasteiger partial charge in [-0.3, -0.25) is 14.7 Å². The Morgan fingerprint density at radius 2 is 2.21 bits per heavy atom. The van der Waals surface area contributed by atoms with Crippen molar-refractivity contribution in [2.24, 2.45) is 0 Å². The Kier molecular flexibility index (Phi) is 3.13. The van der Waals surface area contributed by atoms with E-state index in [0.29, 0.717) is 18.9 Å². The summed E-state index contributed by atoms with van der Waals surface area (Å²) in [5, 5.41) is -0.168. The van der Waals surface area contributed by atoms with E-state index >= 15 is 0 Å². The highest BCUT2D eigenvalue weighted by molar-refractivity contribution is 6.24. The molecule has 96 valence electrons. The van der Waals surface area contributed by atoms with E-state index in [4.69, 9.17) is 11.6 Å². The van der Waals surface area contributed by atoms with Gasteiger partial charge in [0, 0.05) is 37.1 Å². The van der Waals surface area contributed by atoms with Gasteiger partial charge in [-0.05, 0) is 18.2 Å². The lowest BCUT2D eigenvalue weighted by atomic mass is 10.2. The Labute approximate surface area is 115 Å². The Balaban J connectivity index is 1.95. The van der Waals surface area contributed by atoms with Crippen LogP contribution < -0.4 is 4.90 Å². The lowest BCUT2D eigenvalue weighted by Gasteiger charge is -2.13. The molecule has 1 aliphatic heterocycles. The van der Waals surface area contributed by atoms with Crippen LogP contribution in [0.25, 0.3) is 11.3 Å². The van der Waals surface area contributed by atoms with Crippen LogP contribution in [-0.4, -0.2) is 32.8 Å². The number of alkyl halides is 1. The zero-order valence-corrected chi connectivity index (χ0v) is 10.8. The van der Waals surface area contributed by atoms with Crippen molar-refractivity contribution in [3.63, 3.8) is 0 Å². The van der Waals surface area contributed by atoms with E-state index in [1.165, 1.54) is 4.90 Å². The second-order valence-corrected chi connectivity index (χ2v) is 4.91. The fraction of sp³-hybridized carbons (Fsp3) is 0.231. The molecule has 0 saturated carbocycles. The average molecular weight is 275 g/mol. The van der Waals surface area contributed by atoms with Crippen molar-refractivity contribution in [1.29, 1.82) is 0 Å². The van der Waals surface area contributed by atoms with E-state index in [2.05, 4.69) is 15.0 Å². The highest BCUT2D eigenvalue weighted by Gasteiger charge is 2.30. The molecule has 1 atom stereocenters. The molecule has 0 N–H and O–H groups in total. The largest absolute Gasteiger partial charge is 0.279 e. The Bertz CT molecular complexity index is 605. The number of aromatic nitrogens is 3. The molecule has 3 heterocycles. The van der Waals surface area contributed by atoms with Crippen LogP contribution in [0.15, 0.2) is 36.8 Å². The Morgan fingerprint density at radius 3 is 2.89 bits per heavy atom. The third kappa shape index (κ3) is 2.42. The van der Waals surface area contributed by atoms with Gasteiger partial charge in [0.2, 0.25) is 11.9 Å². The number of anilines is 1. The van der Waals surface area contributed by atoms with Crippen LogP contribution in [0.1, 0.15) is 6.42 Å². The molecule has 1 aliphatic rings. The van der Waals surface area contributed by atoms with Crippen molar-refractivity contribution in [1.82, 2.24) is 15.0 Å². The molecule has 1 amide bonds. The number of hydrogen-bond acceptors (Lipinski definition) is 4. The molecule has 0 aromatic carbocycles. The fourth-order valence-corrected chi connectivity index (χ4v) is 2.28. The zero-order valence-electron chi connectivity index (χ0n) is 10.0. The highest BCUT2D eigenvalue weighted by Crippen LogP contribution is 2.23. The maximum atomic E-state index is 11.8. The van der Waals surface area contributed by atoms with E-state index < -0.39 is 0 Å². The van der Waals surface area contributed by atoms with Crippen molar-refractivity contribution >= 4 is 23.5 Å². The van der Waals surface area contributed by atoms with Gasteiger partial charge in [-0.15, -0.1) is 11.6 Å². The number of pyridine rings is 1. The van der Waals surface area contributed by atoms with Gasteiger partial charge in [0.25, 0.3) is 0 Å². The predicted octanol–water partition coefficient (Wildman–Crippen LogP) is 1.88. The molecule has 0 bridgehead atoms. The highest BCUT2D eigenvalue weighted by atomic mass is 35.5. The molecule has 0 radical (unpaired) electrons. The van der Waals surface area contributed by atoms with E-state index in [1.807, 2.05) is 12.1 Å². The van der Waals surface area contributed by atoms with Gasteiger partial charge in [-0.2, -0.15) is 0 Å². The minimum absolute atomic E-state index is 0.0386. The van der Waals surface area contributed by atoms with Gasteiger partial charge < -0.3 is 0 Å². The van der Waals surface area contributed by atoms with Gasteiger partial charge in [-0.1, -0.05) is 0 Å². The van der Waals surface area contributed by atoms with Crippen molar-refractivity contribution in [3.05, 3.63) is 36.8 Å². The summed E-state index contributed by atoms with van der Waals surface area (Å²) in [5.74, 6) is 0.359. The Hall–Kier alpha value is -2.01. The number of carbonyl (C=O) groups excluding carboxylic acids is 1. The number of carbonyl (C=O) groups is 1. The third-order valence-electron chi connectivity index (χ3n) is 2.92. The van der Waals surface area contributed by atoms with E-state index in [0.717, 1.165) is 11.3 Å². The number of hydrogen-bond donors (Lipinski definition) is 0. The standard InChI is InChI=1S/C13H11ClN4O/c14-10-6-12(19)18(8-10)13-16-5-3-11(17-13)9-2-1-4-15-7-9/h1-5,7,10H,6,8H2. The van der Waals surface area contributed by atoms with Gasteiger partial charge in [0.05, 0.1) is 11.1 Å². The lowest BCUT2D eigenvalue weighted by molar-refractivity contribution is -0.117. The zero-order chi connectivity index (χ0) is 13.2. The summed E-state index contributed by atoms with van der Waals surface area (Å²) in [6, 6.07) is 5.54. The second-order valence-electron chi connectivity index (χ2n) is 4.29. The molecule has 3 rings (SSSR count). The average Bonchev–Trinajstić information content (AvgIpc) is 2.79. The molecule has 1 fully saturated rings. The number of halogens is 1. The molecular formula is C13H11ClN4O. The number of rotatable bonds is 2. The molecule has 5 nitrogen and oxygen atoms in total. The predicted molar refractivity (Wildman–Crippen MR) is 71.9 cm³/mol. The van der Waals surface area contributed by atoms with Crippen LogP contribution in [0.5, 0.6) is 0 Å². The van der Waals surface area contributed by atoms with E-state index in [1.54, 1.807) is 24.7 Å². The van der Waals surface area contributed by atoms with Crippen LogP contribution in [0, 0.1) is 0 Å². The van der Waals surface area contributed by atoms with Gasteiger partial charge >= 0.3 is 0 Å². The molecule has 1 unspecified atom stereocenters. The maximum Gasteiger partial charge on any atom is 0.232 e. The Morgan fingerprint density at radius 1 is 1.32 bits per heavy atom. The summed E-state index contributed by atoms with van der Waals surface area (Å²) in [7, 11) is 0. The van der Waals surface area contributed by atoms with Crippen molar-refractivity contribution < 1.29 is 4.79 Å². The summed E-state index contributed by atoms with van der Waals surface area (Å²) < 4.78 is 0. The molecular weight excluding hydrogens is 264 g/mol. The van der Waals surface area contributed by atoms with E-state index in [-0.39, 0.29) is 11.3 Å². The first kappa shape index (κ1) is 12.0. The van der Waals surface area contributed by atoms with Crippen LogP contribution in [0.2, 0.25) is 0 Å². The molecule has 19 heavy (non-hydrogen) atoms. The SMILES string of the molecule is O=C1CC(Cl)CN1c1nccc(-c2cccnc2)n1. The molecule has 0 aliphatic carbocycles. The van der Waals surface area contributed by atoms with Crippen molar-refractivity contribution in [3.8, 4) is 11.3 Å². The van der Waals surface area contributed by atoms with Crippen LogP contribution >= 0.6 is 11.6 Å². The monoisotopic (exact) mass is 274 g/mol. The van der Waals surface area contributed by atoms with Crippen LogP contribution in [0.3, 0.4) is 0 Å². The normalized spacial score (nSPS) is 18.9. The van der Waals surface area contributed by atoms with Gasteiger partial charge in [0.1, 0.15) is 0 Å². The molecule has 6 heteroatoms. The third-order valence-corrected chi connectivity index (χ3v) is 3.21. The summed E-state index contributed by atoms with van der Waals surface area (Å²) in [4.78, 5) is 25.9. The lowest BCUT2D eigenvalue weighted by Crippen LogP contribution is -2.26. The van der Waals surface area contributed by atoms with Crippen molar-refractivity contribution in [2.45, 2.75) is 11.8 Å². The summed E-state index contributed by atoms with van der Waals surface area (Å²) >= 11 is 5.98. The minimum atomic E-state index is -0.168. The topological polar surface area (TPSA) is 59.0 Å². The maximum absolute atomic E-state index is 11.8. The van der Waals surface area contributed by atoms with Crippen molar-refractivity contribution in [2.75, 3.05) is 11.4 Å². The van der Waals surface area contributed by atoms with Crippen LogP contribution in [-0.2, 0) is 4.79 Å². The summed E-state index contributed by atoms with van der Waals surface area (Å²) in [6.45, 7) is 0.455. The minimum Gasteiger partial charge on any atom is -0.279 e. The molecule has 2 aromatic rings. The van der Waals surface area contributed by atoms with Gasteiger partial charge in [-0.25, -0.2) is 9.97 Å².